The number of rotatable bonds is 4. The van der Waals surface area contributed by atoms with E-state index in [1.165, 1.54) is 0 Å². The number of alkyl halides is 1. The van der Waals surface area contributed by atoms with Gasteiger partial charge in [-0.3, -0.25) is 18.9 Å². The standard InChI is InChI=1S/C9H11ClFN2O9P/c10-3-1-13(8(17)12-6(3)16)7-4(14)5(15)9(11,22-7)2-21-23(18,19)20/h1,4-5,7,14-15H,2H2,(H,12,16,17)(H2,18,19,20)/t4-,5+,7-,9-/m1/s1/i2D2. The molecule has 2 heterocycles. The van der Waals surface area contributed by atoms with Crippen LogP contribution in [-0.2, 0) is 13.8 Å². The lowest BCUT2D eigenvalue weighted by Crippen LogP contribution is -2.43. The van der Waals surface area contributed by atoms with Crippen molar-refractivity contribution in [3.8, 4) is 0 Å². The highest BCUT2D eigenvalue weighted by Gasteiger charge is 2.57. The Labute approximate surface area is 133 Å². The maximum atomic E-state index is 14.8. The largest absolute Gasteiger partial charge is 0.469 e. The van der Waals surface area contributed by atoms with E-state index in [1.807, 2.05) is 0 Å². The molecule has 5 N–H and O–H groups in total. The van der Waals surface area contributed by atoms with Gasteiger partial charge in [-0.1, -0.05) is 11.6 Å². The van der Waals surface area contributed by atoms with Crippen LogP contribution >= 0.6 is 19.4 Å². The first-order chi connectivity index (χ1) is 11.2. The number of H-pyrrole nitrogens is 1. The van der Waals surface area contributed by atoms with Gasteiger partial charge in [0.05, 0.1) is 2.74 Å². The molecule has 0 bridgehead atoms. The predicted molar refractivity (Wildman–Crippen MR) is 70.3 cm³/mol. The van der Waals surface area contributed by atoms with Crippen LogP contribution < -0.4 is 11.2 Å². The van der Waals surface area contributed by atoms with Crippen LogP contribution in [0.5, 0.6) is 0 Å². The lowest BCUT2D eigenvalue weighted by Gasteiger charge is -2.22. The number of aromatic nitrogens is 2. The van der Waals surface area contributed by atoms with Crippen LogP contribution in [0, 0.1) is 0 Å². The fraction of sp³-hybridized carbons (Fsp3) is 0.556. The van der Waals surface area contributed by atoms with Crippen LogP contribution in [0.15, 0.2) is 15.8 Å². The van der Waals surface area contributed by atoms with E-state index in [0.29, 0.717) is 10.8 Å². The second-order valence-corrected chi connectivity index (χ2v) is 5.99. The Bertz CT molecular complexity index is 843. The first-order valence-electron chi connectivity index (χ1n) is 6.70. The van der Waals surface area contributed by atoms with Crippen molar-refractivity contribution in [2.24, 2.45) is 0 Å². The van der Waals surface area contributed by atoms with Gasteiger partial charge >= 0.3 is 13.5 Å². The van der Waals surface area contributed by atoms with Crippen molar-refractivity contribution < 1.29 is 41.0 Å². The zero-order valence-corrected chi connectivity index (χ0v) is 12.4. The highest BCUT2D eigenvalue weighted by Crippen LogP contribution is 2.43. The summed E-state index contributed by atoms with van der Waals surface area (Å²) in [7, 11) is -5.57. The van der Waals surface area contributed by atoms with Gasteiger partial charge in [-0.05, 0) is 0 Å². The quantitative estimate of drug-likeness (QED) is 0.379. The Balaban J connectivity index is 2.48. The van der Waals surface area contributed by atoms with E-state index >= 15 is 0 Å². The summed E-state index contributed by atoms with van der Waals surface area (Å²) >= 11 is 5.50. The lowest BCUT2D eigenvalue weighted by molar-refractivity contribution is -0.205. The molecule has 1 saturated heterocycles. The molecule has 14 heteroatoms. The molecular formula is C9H11ClFN2O9P. The molecule has 1 aliphatic rings. The summed E-state index contributed by atoms with van der Waals surface area (Å²) in [5, 5.41) is 19.0. The van der Waals surface area contributed by atoms with Crippen LogP contribution in [0.2, 0.25) is 5.02 Å². The summed E-state index contributed by atoms with van der Waals surface area (Å²) in [4.78, 5) is 41.9. The molecule has 0 amide bonds. The molecular weight excluding hydrogens is 366 g/mol. The Hall–Kier alpha value is -1.11. The minimum absolute atomic E-state index is 0.354. The molecule has 1 aliphatic heterocycles. The van der Waals surface area contributed by atoms with Crippen LogP contribution in [-0.4, -0.2) is 54.2 Å². The van der Waals surface area contributed by atoms with Crippen molar-refractivity contribution in [3.63, 3.8) is 0 Å². The highest BCUT2D eigenvalue weighted by atomic mass is 35.5. The van der Waals surface area contributed by atoms with E-state index in [9.17, 15) is 28.8 Å². The number of hydrogen-bond acceptors (Lipinski definition) is 7. The molecule has 0 spiro atoms. The minimum atomic E-state index is -5.57. The van der Waals surface area contributed by atoms with Crippen molar-refractivity contribution in [1.29, 1.82) is 0 Å². The van der Waals surface area contributed by atoms with Gasteiger partial charge in [-0.15, -0.1) is 0 Å². The number of hydrogen-bond donors (Lipinski definition) is 5. The molecule has 0 unspecified atom stereocenters. The van der Waals surface area contributed by atoms with Gasteiger partial charge in [0.1, 0.15) is 23.8 Å². The second kappa shape index (κ2) is 6.07. The Morgan fingerprint density at radius 1 is 1.57 bits per heavy atom. The van der Waals surface area contributed by atoms with Gasteiger partial charge in [0, 0.05) is 6.20 Å². The first kappa shape index (κ1) is 15.4. The number of aliphatic hydroxyl groups excluding tert-OH is 2. The summed E-state index contributed by atoms with van der Waals surface area (Å²) in [6.45, 7) is -3.93. The maximum Gasteiger partial charge on any atom is 0.469 e. The van der Waals surface area contributed by atoms with E-state index in [-0.39, 0.29) is 0 Å². The summed E-state index contributed by atoms with van der Waals surface area (Å²) in [5.41, 5.74) is -2.26. The molecule has 0 aliphatic carbocycles. The third kappa shape index (κ3) is 3.70. The zero-order valence-electron chi connectivity index (χ0n) is 12.8. The van der Waals surface area contributed by atoms with Crippen molar-refractivity contribution in [3.05, 3.63) is 32.1 Å². The smallest absolute Gasteiger partial charge is 0.385 e. The molecule has 1 aromatic rings. The Kier molecular flexibility index (Phi) is 4.07. The normalized spacial score (nSPS) is 33.4. The van der Waals surface area contributed by atoms with Crippen molar-refractivity contribution in [2.75, 3.05) is 6.56 Å². The van der Waals surface area contributed by atoms with E-state index in [4.69, 9.17) is 24.1 Å². The number of nitrogens with one attached hydrogen (secondary N) is 1. The fourth-order valence-electron chi connectivity index (χ4n) is 1.77. The average molecular weight is 379 g/mol. The van der Waals surface area contributed by atoms with Crippen LogP contribution in [0.4, 0.5) is 4.39 Å². The van der Waals surface area contributed by atoms with Crippen LogP contribution in [0.25, 0.3) is 0 Å². The molecule has 11 nitrogen and oxygen atoms in total. The molecule has 0 aromatic carbocycles. The predicted octanol–water partition coefficient (Wildman–Crippen LogP) is -1.78. The minimum Gasteiger partial charge on any atom is -0.385 e. The van der Waals surface area contributed by atoms with Gasteiger partial charge in [-0.2, -0.15) is 0 Å². The monoisotopic (exact) mass is 378 g/mol. The van der Waals surface area contributed by atoms with Gasteiger partial charge < -0.3 is 24.7 Å². The molecule has 0 saturated carbocycles. The Morgan fingerprint density at radius 3 is 2.74 bits per heavy atom. The van der Waals surface area contributed by atoms with E-state index < -0.39 is 54.9 Å². The number of halogens is 2. The number of phosphoric acid groups is 1. The summed E-state index contributed by atoms with van der Waals surface area (Å²) in [6, 6.07) is 0. The van der Waals surface area contributed by atoms with Gasteiger partial charge in [0.2, 0.25) is 0 Å². The van der Waals surface area contributed by atoms with Gasteiger partial charge in [-0.25, -0.2) is 13.8 Å². The summed E-state index contributed by atoms with van der Waals surface area (Å²) in [5.74, 6) is -3.99. The molecule has 23 heavy (non-hydrogen) atoms. The van der Waals surface area contributed by atoms with E-state index in [1.54, 1.807) is 4.98 Å². The number of phosphoric ester groups is 1. The van der Waals surface area contributed by atoms with Gasteiger partial charge in [0.25, 0.3) is 11.4 Å². The number of aromatic amines is 1. The summed E-state index contributed by atoms with van der Waals surface area (Å²) in [6.07, 6.45) is -6.48. The molecule has 130 valence electrons. The van der Waals surface area contributed by atoms with E-state index in [2.05, 4.69) is 9.26 Å². The summed E-state index contributed by atoms with van der Waals surface area (Å²) < 4.78 is 48.7. The molecule has 2 rings (SSSR count). The van der Waals surface area contributed by atoms with Crippen molar-refractivity contribution >= 4 is 19.4 Å². The highest BCUT2D eigenvalue weighted by molar-refractivity contribution is 7.46. The number of nitrogens with zero attached hydrogens (tertiary/aromatic N) is 1. The molecule has 1 fully saturated rings. The zero-order chi connectivity index (χ0) is 19.4. The topological polar surface area (TPSA) is 171 Å². The van der Waals surface area contributed by atoms with Crippen LogP contribution in [0.1, 0.15) is 8.97 Å². The van der Waals surface area contributed by atoms with Crippen molar-refractivity contribution in [1.82, 2.24) is 9.55 Å². The Morgan fingerprint density at radius 2 is 2.17 bits per heavy atom. The van der Waals surface area contributed by atoms with Crippen LogP contribution in [0.3, 0.4) is 0 Å². The number of aliphatic hydroxyl groups is 2. The van der Waals surface area contributed by atoms with E-state index in [0.717, 1.165) is 0 Å². The maximum absolute atomic E-state index is 14.8. The lowest BCUT2D eigenvalue weighted by atomic mass is 10.1. The molecule has 4 atom stereocenters. The molecule has 1 aromatic heterocycles. The third-order valence-corrected chi connectivity index (χ3v) is 3.39. The SMILES string of the molecule is [2H]C([2H])(OP(=O)(O)O)[C@@]1(F)O[C@@H](n2cc(Cl)c(=O)[nH]c2=O)[C@H](O)[C@@H]1O. The second-order valence-electron chi connectivity index (χ2n) is 4.42. The third-order valence-electron chi connectivity index (χ3n) is 2.79. The van der Waals surface area contributed by atoms with Crippen molar-refractivity contribution in [2.45, 2.75) is 24.3 Å². The fourth-order valence-corrected chi connectivity index (χ4v) is 2.16. The average Bonchev–Trinajstić information content (AvgIpc) is 2.66. The molecule has 0 radical (unpaired) electrons. The first-order valence-corrected chi connectivity index (χ1v) is 7.60. The number of ether oxygens (including phenoxy) is 1. The van der Waals surface area contributed by atoms with Gasteiger partial charge in [0.15, 0.2) is 6.23 Å².